The Labute approximate surface area is 125 Å². The molecule has 106 valence electrons. The van der Waals surface area contributed by atoms with Crippen molar-refractivity contribution in [2.24, 2.45) is 7.05 Å². The minimum absolute atomic E-state index is 0.610. The van der Waals surface area contributed by atoms with Gasteiger partial charge in [-0.25, -0.2) is 0 Å². The molecule has 0 fully saturated rings. The van der Waals surface area contributed by atoms with Gasteiger partial charge in [-0.05, 0) is 62.3 Å². The van der Waals surface area contributed by atoms with Gasteiger partial charge in [0.15, 0.2) is 5.11 Å². The fraction of sp³-hybridized carbons (Fsp3) is 0.333. The van der Waals surface area contributed by atoms with Crippen LogP contribution in [0.4, 0.5) is 5.69 Å². The van der Waals surface area contributed by atoms with Gasteiger partial charge in [0.25, 0.3) is 0 Å². The first-order valence-corrected chi connectivity index (χ1v) is 6.97. The average Bonchev–Trinajstić information content (AvgIpc) is 2.65. The van der Waals surface area contributed by atoms with Crippen LogP contribution in [0.1, 0.15) is 22.5 Å². The highest BCUT2D eigenvalue weighted by Crippen LogP contribution is 2.13. The third-order valence-corrected chi connectivity index (χ3v) is 3.32. The second-order valence-corrected chi connectivity index (χ2v) is 5.49. The molecule has 5 heteroatoms. The van der Waals surface area contributed by atoms with Gasteiger partial charge in [0.1, 0.15) is 0 Å². The average molecular weight is 288 g/mol. The number of anilines is 1. The number of aromatic nitrogens is 2. The van der Waals surface area contributed by atoms with Gasteiger partial charge >= 0.3 is 0 Å². The van der Waals surface area contributed by atoms with Crippen molar-refractivity contribution < 1.29 is 0 Å². The summed E-state index contributed by atoms with van der Waals surface area (Å²) in [6, 6.07) is 8.34. The Morgan fingerprint density at radius 3 is 2.35 bits per heavy atom. The van der Waals surface area contributed by atoms with E-state index in [1.807, 2.05) is 24.7 Å². The predicted molar refractivity (Wildman–Crippen MR) is 86.9 cm³/mol. The van der Waals surface area contributed by atoms with Crippen LogP contribution in [0.25, 0.3) is 0 Å². The van der Waals surface area contributed by atoms with Crippen LogP contribution in [0.3, 0.4) is 0 Å². The summed E-state index contributed by atoms with van der Waals surface area (Å²) < 4.78 is 1.86. The number of nitrogens with zero attached hydrogens (tertiary/aromatic N) is 2. The normalized spacial score (nSPS) is 10.4. The molecule has 0 amide bonds. The molecule has 1 aromatic carbocycles. The van der Waals surface area contributed by atoms with Crippen molar-refractivity contribution in [3.63, 3.8) is 0 Å². The molecule has 0 unspecified atom stereocenters. The van der Waals surface area contributed by atoms with Crippen molar-refractivity contribution in [2.45, 2.75) is 27.3 Å². The molecule has 0 aliphatic carbocycles. The molecule has 0 atom stereocenters. The van der Waals surface area contributed by atoms with Crippen LogP contribution >= 0.6 is 12.2 Å². The molecule has 0 radical (unpaired) electrons. The van der Waals surface area contributed by atoms with Crippen LogP contribution in [0.2, 0.25) is 0 Å². The molecule has 1 aromatic heterocycles. The zero-order valence-corrected chi connectivity index (χ0v) is 13.1. The molecule has 0 bridgehead atoms. The highest BCUT2D eigenvalue weighted by molar-refractivity contribution is 7.80. The minimum Gasteiger partial charge on any atom is -0.357 e. The van der Waals surface area contributed by atoms with Crippen molar-refractivity contribution >= 4 is 23.0 Å². The summed E-state index contributed by atoms with van der Waals surface area (Å²) in [5.41, 5.74) is 5.56. The van der Waals surface area contributed by atoms with E-state index in [9.17, 15) is 0 Å². The van der Waals surface area contributed by atoms with Gasteiger partial charge in [0.05, 0.1) is 12.2 Å². The van der Waals surface area contributed by atoms with E-state index in [1.54, 1.807) is 0 Å². The number of nitrogens with one attached hydrogen (secondary N) is 2. The Kier molecular flexibility index (Phi) is 4.39. The highest BCUT2D eigenvalue weighted by Gasteiger charge is 2.03. The van der Waals surface area contributed by atoms with Crippen molar-refractivity contribution in [3.05, 3.63) is 46.8 Å². The van der Waals surface area contributed by atoms with Gasteiger partial charge in [-0.2, -0.15) is 5.10 Å². The molecule has 1 heterocycles. The first kappa shape index (κ1) is 14.5. The lowest BCUT2D eigenvalue weighted by Gasteiger charge is -2.11. The standard InChI is InChI=1S/C15H20N4S/c1-10-5-11(2)7-13(6-10)17-15(20)16-9-14-8-12(3)19(4)18-14/h5-8H,9H2,1-4H3,(H2,16,17,20). The molecule has 2 rings (SSSR count). The number of benzene rings is 1. The van der Waals surface area contributed by atoms with Gasteiger partial charge in [0, 0.05) is 18.4 Å². The Morgan fingerprint density at radius 1 is 1.15 bits per heavy atom. The van der Waals surface area contributed by atoms with Crippen molar-refractivity contribution in [1.82, 2.24) is 15.1 Å². The second-order valence-electron chi connectivity index (χ2n) is 5.08. The molecule has 0 aliphatic rings. The smallest absolute Gasteiger partial charge is 0.171 e. The fourth-order valence-electron chi connectivity index (χ4n) is 2.11. The second kappa shape index (κ2) is 6.05. The van der Waals surface area contributed by atoms with Crippen LogP contribution < -0.4 is 10.6 Å². The first-order chi connectivity index (χ1) is 9.44. The quantitative estimate of drug-likeness (QED) is 0.852. The van der Waals surface area contributed by atoms with Crippen LogP contribution in [0, 0.1) is 20.8 Å². The Morgan fingerprint density at radius 2 is 1.80 bits per heavy atom. The summed E-state index contributed by atoms with van der Waals surface area (Å²) in [7, 11) is 1.94. The summed E-state index contributed by atoms with van der Waals surface area (Å²) in [5.74, 6) is 0. The van der Waals surface area contributed by atoms with Gasteiger partial charge in [-0.15, -0.1) is 0 Å². The monoisotopic (exact) mass is 288 g/mol. The number of rotatable bonds is 3. The molecular weight excluding hydrogens is 268 g/mol. The molecular formula is C15H20N4S. The van der Waals surface area contributed by atoms with E-state index in [2.05, 4.69) is 47.8 Å². The number of aryl methyl sites for hydroxylation is 4. The molecule has 4 nitrogen and oxygen atoms in total. The lowest BCUT2D eigenvalue weighted by Crippen LogP contribution is -2.28. The maximum absolute atomic E-state index is 5.30. The summed E-state index contributed by atoms with van der Waals surface area (Å²) in [6.07, 6.45) is 0. The van der Waals surface area contributed by atoms with Crippen molar-refractivity contribution in [3.8, 4) is 0 Å². The van der Waals surface area contributed by atoms with E-state index in [1.165, 1.54) is 11.1 Å². The van der Waals surface area contributed by atoms with E-state index in [-0.39, 0.29) is 0 Å². The van der Waals surface area contributed by atoms with E-state index in [0.717, 1.165) is 17.1 Å². The minimum atomic E-state index is 0.610. The van der Waals surface area contributed by atoms with E-state index < -0.39 is 0 Å². The third kappa shape index (κ3) is 3.81. The van der Waals surface area contributed by atoms with Crippen LogP contribution in [-0.2, 0) is 13.6 Å². The number of hydrogen-bond donors (Lipinski definition) is 2. The van der Waals surface area contributed by atoms with Crippen molar-refractivity contribution in [1.29, 1.82) is 0 Å². The molecule has 2 aromatic rings. The molecule has 0 aliphatic heterocycles. The molecule has 2 N–H and O–H groups in total. The molecule has 0 saturated heterocycles. The highest BCUT2D eigenvalue weighted by atomic mass is 32.1. The molecule has 20 heavy (non-hydrogen) atoms. The summed E-state index contributed by atoms with van der Waals surface area (Å²) in [4.78, 5) is 0. The van der Waals surface area contributed by atoms with Gasteiger partial charge in [0.2, 0.25) is 0 Å². The first-order valence-electron chi connectivity index (χ1n) is 6.57. The van der Waals surface area contributed by atoms with Crippen molar-refractivity contribution in [2.75, 3.05) is 5.32 Å². The number of hydrogen-bond acceptors (Lipinski definition) is 2. The Bertz CT molecular complexity index is 591. The lowest BCUT2D eigenvalue weighted by atomic mass is 10.1. The largest absolute Gasteiger partial charge is 0.357 e. The van der Waals surface area contributed by atoms with Gasteiger partial charge < -0.3 is 10.6 Å². The topological polar surface area (TPSA) is 41.9 Å². The lowest BCUT2D eigenvalue weighted by molar-refractivity contribution is 0.712. The van der Waals surface area contributed by atoms with Crippen LogP contribution in [-0.4, -0.2) is 14.9 Å². The van der Waals surface area contributed by atoms with E-state index in [0.29, 0.717) is 11.7 Å². The van der Waals surface area contributed by atoms with Crippen LogP contribution in [0.15, 0.2) is 24.3 Å². The predicted octanol–water partition coefficient (Wildman–Crippen LogP) is 2.83. The number of thiocarbonyl (C=S) groups is 1. The summed E-state index contributed by atoms with van der Waals surface area (Å²) in [6.45, 7) is 6.80. The molecule has 0 spiro atoms. The Hall–Kier alpha value is -1.88. The maximum Gasteiger partial charge on any atom is 0.171 e. The maximum atomic E-state index is 5.30. The zero-order valence-electron chi connectivity index (χ0n) is 12.3. The van der Waals surface area contributed by atoms with Crippen LogP contribution in [0.5, 0.6) is 0 Å². The van der Waals surface area contributed by atoms with Gasteiger partial charge in [-0.1, -0.05) is 6.07 Å². The Balaban J connectivity index is 1.92. The summed E-state index contributed by atoms with van der Waals surface area (Å²) >= 11 is 5.30. The SMILES string of the molecule is Cc1cc(C)cc(NC(=S)NCc2cc(C)n(C)n2)c1. The zero-order chi connectivity index (χ0) is 14.7. The molecule has 0 saturated carbocycles. The third-order valence-electron chi connectivity index (χ3n) is 3.07. The fourth-order valence-corrected chi connectivity index (χ4v) is 2.30. The summed E-state index contributed by atoms with van der Waals surface area (Å²) in [5, 5.41) is 11.4. The van der Waals surface area contributed by atoms with E-state index in [4.69, 9.17) is 12.2 Å². The van der Waals surface area contributed by atoms with Gasteiger partial charge in [-0.3, -0.25) is 4.68 Å². The van der Waals surface area contributed by atoms with E-state index >= 15 is 0 Å².